The molecule has 0 saturated heterocycles. The molecule has 1 aromatic rings. The molecule has 0 aliphatic rings. The first kappa shape index (κ1) is 9.46. The number of benzene rings is 1. The van der Waals surface area contributed by atoms with E-state index in [1.807, 2.05) is 0 Å². The smallest absolute Gasteiger partial charge is 0.205 e. The van der Waals surface area contributed by atoms with Crippen molar-refractivity contribution in [3.8, 4) is 0 Å². The maximum absolute atomic E-state index is 12.4. The summed E-state index contributed by atoms with van der Waals surface area (Å²) in [5.41, 5.74) is 1.20. The maximum Gasteiger partial charge on any atom is 0.264 e. The van der Waals surface area contributed by atoms with E-state index in [0.29, 0.717) is 16.1 Å². The van der Waals surface area contributed by atoms with E-state index in [0.717, 1.165) is 0 Å². The quantitative estimate of drug-likeness (QED) is 0.630. The molecule has 0 aliphatic carbocycles. The highest BCUT2D eigenvalue weighted by Crippen LogP contribution is 2.28. The van der Waals surface area contributed by atoms with Gasteiger partial charge in [-0.25, -0.2) is 8.78 Å². The molecule has 1 aromatic carbocycles. The van der Waals surface area contributed by atoms with Gasteiger partial charge in [0.2, 0.25) is 0 Å². The van der Waals surface area contributed by atoms with Crippen LogP contribution in [0.1, 0.15) is 23.1 Å². The molecule has 0 unspecified atom stereocenters. The fourth-order valence-corrected chi connectivity index (χ4v) is 1.59. The third-order valence-corrected chi connectivity index (χ3v) is 1.99. The molecule has 0 radical (unpaired) electrons. The molecule has 0 fully saturated rings. The molecule has 0 bridgehead atoms. The summed E-state index contributed by atoms with van der Waals surface area (Å²) in [5.74, 6) is 0. The van der Waals surface area contributed by atoms with E-state index in [-0.39, 0.29) is 5.56 Å². The second-order valence-electron chi connectivity index (χ2n) is 2.75. The minimum Gasteiger partial charge on any atom is -0.205 e. The van der Waals surface area contributed by atoms with E-state index < -0.39 is 6.43 Å². The molecule has 66 valence electrons. The molecule has 0 aliphatic heterocycles. The van der Waals surface area contributed by atoms with Crippen molar-refractivity contribution in [2.24, 2.45) is 0 Å². The first-order valence-corrected chi connectivity index (χ1v) is 3.95. The van der Waals surface area contributed by atoms with E-state index in [1.54, 1.807) is 26.0 Å². The fourth-order valence-electron chi connectivity index (χ4n) is 1.27. The van der Waals surface area contributed by atoms with Crippen LogP contribution in [0.3, 0.4) is 0 Å². The number of halogens is 3. The normalized spacial score (nSPS) is 10.8. The Bertz CT molecular complexity index is 272. The van der Waals surface area contributed by atoms with E-state index in [4.69, 9.17) is 11.6 Å². The molecule has 0 saturated carbocycles. The van der Waals surface area contributed by atoms with Gasteiger partial charge < -0.3 is 0 Å². The van der Waals surface area contributed by atoms with Gasteiger partial charge in [-0.3, -0.25) is 0 Å². The molecule has 0 nitrogen and oxygen atoms in total. The Morgan fingerprint density at radius 1 is 1.17 bits per heavy atom. The zero-order valence-electron chi connectivity index (χ0n) is 6.87. The van der Waals surface area contributed by atoms with E-state index in [2.05, 4.69) is 0 Å². The van der Waals surface area contributed by atoms with Crippen molar-refractivity contribution < 1.29 is 8.78 Å². The lowest BCUT2D eigenvalue weighted by Gasteiger charge is -2.08. The lowest BCUT2D eigenvalue weighted by Crippen LogP contribution is -1.93. The van der Waals surface area contributed by atoms with Gasteiger partial charge in [0.1, 0.15) is 0 Å². The van der Waals surface area contributed by atoms with Crippen LogP contribution in [-0.2, 0) is 0 Å². The topological polar surface area (TPSA) is 0 Å². The Morgan fingerprint density at radius 2 is 1.58 bits per heavy atom. The molecular weight excluding hydrogens is 182 g/mol. The molecule has 3 heteroatoms. The summed E-state index contributed by atoms with van der Waals surface area (Å²) in [4.78, 5) is 0. The van der Waals surface area contributed by atoms with Crippen molar-refractivity contribution in [3.05, 3.63) is 33.8 Å². The van der Waals surface area contributed by atoms with Crippen LogP contribution in [0.25, 0.3) is 0 Å². The van der Waals surface area contributed by atoms with Crippen molar-refractivity contribution in [1.82, 2.24) is 0 Å². The van der Waals surface area contributed by atoms with Gasteiger partial charge in [-0.2, -0.15) is 0 Å². The van der Waals surface area contributed by atoms with Crippen molar-refractivity contribution in [1.29, 1.82) is 0 Å². The molecule has 0 heterocycles. The Balaban J connectivity index is 3.28. The first-order chi connectivity index (χ1) is 5.52. The van der Waals surface area contributed by atoms with Gasteiger partial charge >= 0.3 is 0 Å². The summed E-state index contributed by atoms with van der Waals surface area (Å²) in [6, 6.07) is 3.10. The molecule has 0 aromatic heterocycles. The van der Waals surface area contributed by atoms with Gasteiger partial charge in [-0.15, -0.1) is 0 Å². The van der Waals surface area contributed by atoms with Crippen LogP contribution in [0.15, 0.2) is 12.1 Å². The molecular formula is C9H9ClF2. The van der Waals surface area contributed by atoms with E-state index in [1.165, 1.54) is 0 Å². The molecule has 0 spiro atoms. The largest absolute Gasteiger partial charge is 0.264 e. The summed E-state index contributed by atoms with van der Waals surface area (Å²) in [6.45, 7) is 3.28. The van der Waals surface area contributed by atoms with Crippen LogP contribution < -0.4 is 0 Å². The number of hydrogen-bond donors (Lipinski definition) is 0. The van der Waals surface area contributed by atoms with Crippen LogP contribution >= 0.6 is 11.6 Å². The highest BCUT2D eigenvalue weighted by atomic mass is 35.5. The van der Waals surface area contributed by atoms with Crippen LogP contribution in [0, 0.1) is 13.8 Å². The average molecular weight is 191 g/mol. The predicted octanol–water partition coefficient (Wildman–Crippen LogP) is 3.89. The maximum atomic E-state index is 12.4. The van der Waals surface area contributed by atoms with Gasteiger partial charge in [0.05, 0.1) is 0 Å². The first-order valence-electron chi connectivity index (χ1n) is 3.57. The minimum absolute atomic E-state index is 0.0967. The van der Waals surface area contributed by atoms with Crippen molar-refractivity contribution >= 4 is 11.6 Å². The SMILES string of the molecule is Cc1cc(Cl)cc(C)c1C(F)F. The van der Waals surface area contributed by atoms with E-state index in [9.17, 15) is 8.78 Å². The van der Waals surface area contributed by atoms with Crippen LogP contribution in [0.2, 0.25) is 5.02 Å². The van der Waals surface area contributed by atoms with Gasteiger partial charge in [-0.1, -0.05) is 11.6 Å². The lowest BCUT2D eigenvalue weighted by molar-refractivity contribution is 0.150. The Labute approximate surface area is 75.2 Å². The number of rotatable bonds is 1. The third kappa shape index (κ3) is 1.75. The van der Waals surface area contributed by atoms with Crippen molar-refractivity contribution in [3.63, 3.8) is 0 Å². The summed E-state index contributed by atoms with van der Waals surface area (Å²) < 4.78 is 24.8. The average Bonchev–Trinajstić information content (AvgIpc) is 1.82. The summed E-state index contributed by atoms with van der Waals surface area (Å²) in [7, 11) is 0. The Morgan fingerprint density at radius 3 is 1.92 bits per heavy atom. The highest BCUT2D eigenvalue weighted by molar-refractivity contribution is 6.30. The monoisotopic (exact) mass is 190 g/mol. The molecule has 0 amide bonds. The van der Waals surface area contributed by atoms with Gasteiger partial charge in [-0.05, 0) is 37.1 Å². The summed E-state index contributed by atoms with van der Waals surface area (Å²) >= 11 is 5.68. The zero-order valence-corrected chi connectivity index (χ0v) is 7.62. The van der Waals surface area contributed by atoms with Crippen molar-refractivity contribution in [2.45, 2.75) is 20.3 Å². The molecule has 0 N–H and O–H groups in total. The van der Waals surface area contributed by atoms with Gasteiger partial charge in [0, 0.05) is 10.6 Å². The Kier molecular flexibility index (Phi) is 2.68. The second-order valence-corrected chi connectivity index (χ2v) is 3.19. The summed E-state index contributed by atoms with van der Waals surface area (Å²) in [6.07, 6.45) is -2.41. The zero-order chi connectivity index (χ0) is 9.30. The highest BCUT2D eigenvalue weighted by Gasteiger charge is 2.13. The Hall–Kier alpha value is -0.630. The van der Waals surface area contributed by atoms with Gasteiger partial charge in [0.25, 0.3) is 6.43 Å². The van der Waals surface area contributed by atoms with E-state index >= 15 is 0 Å². The minimum atomic E-state index is -2.41. The van der Waals surface area contributed by atoms with Crippen LogP contribution in [0.4, 0.5) is 8.78 Å². The molecule has 1 rings (SSSR count). The predicted molar refractivity (Wildman–Crippen MR) is 45.9 cm³/mol. The molecule has 12 heavy (non-hydrogen) atoms. The lowest BCUT2D eigenvalue weighted by atomic mass is 10.0. The fraction of sp³-hybridized carbons (Fsp3) is 0.333. The van der Waals surface area contributed by atoms with Crippen LogP contribution in [0.5, 0.6) is 0 Å². The number of alkyl halides is 2. The number of hydrogen-bond acceptors (Lipinski definition) is 0. The molecule has 0 atom stereocenters. The summed E-state index contributed by atoms with van der Waals surface area (Å²) in [5, 5.41) is 0.509. The van der Waals surface area contributed by atoms with Gasteiger partial charge in [0.15, 0.2) is 0 Å². The third-order valence-electron chi connectivity index (χ3n) is 1.78. The number of aryl methyl sites for hydroxylation is 2. The second kappa shape index (κ2) is 3.40. The standard InChI is InChI=1S/C9H9ClF2/c1-5-3-7(10)4-6(2)8(5)9(11)12/h3-4,9H,1-2H3. The van der Waals surface area contributed by atoms with Crippen molar-refractivity contribution in [2.75, 3.05) is 0 Å². The van der Waals surface area contributed by atoms with Crippen LogP contribution in [-0.4, -0.2) is 0 Å².